The van der Waals surface area contributed by atoms with Gasteiger partial charge in [0.2, 0.25) is 0 Å². The van der Waals surface area contributed by atoms with Crippen LogP contribution in [0.2, 0.25) is 0 Å². The first-order chi connectivity index (χ1) is 20.9. The van der Waals surface area contributed by atoms with E-state index < -0.39 is 102 Å². The van der Waals surface area contributed by atoms with E-state index in [4.69, 9.17) is 20.9 Å². The van der Waals surface area contributed by atoms with E-state index in [2.05, 4.69) is 0 Å². The summed E-state index contributed by atoms with van der Waals surface area (Å²) in [5.41, 5.74) is 5.99. The molecule has 0 unspecified atom stereocenters. The zero-order valence-electron chi connectivity index (χ0n) is 24.1. The maximum Gasteiger partial charge on any atom is 0.460 e. The molecule has 0 aliphatic heterocycles. The number of carbonyl (C=O) groups is 1. The highest BCUT2D eigenvalue weighted by Gasteiger charge is 2.82. The van der Waals surface area contributed by atoms with E-state index in [0.29, 0.717) is 11.4 Å². The fraction of sp³-hybridized carbons (Fsp3) is 0.696. The first-order valence-electron chi connectivity index (χ1n) is 12.4. The quantitative estimate of drug-likeness (QED) is 0.0578. The molecule has 1 aromatic rings. The van der Waals surface area contributed by atoms with Crippen LogP contribution in [0.4, 0.5) is 65.9 Å². The minimum absolute atomic E-state index is 0.178. The van der Waals surface area contributed by atoms with Crippen LogP contribution in [0.1, 0.15) is 22.8 Å². The lowest BCUT2D eigenvalue weighted by Crippen LogP contribution is -2.71. The number of nitrogens with zero attached hydrogens (tertiary/aromatic N) is 2. The maximum atomic E-state index is 14.1. The Bertz CT molecular complexity index is 1200. The van der Waals surface area contributed by atoms with Crippen LogP contribution in [-0.2, 0) is 16.1 Å². The molecule has 0 aromatic heterocycles. The number of hydrogen-bond acceptors (Lipinski definition) is 9. The molecule has 24 heteroatoms. The lowest BCUT2D eigenvalue weighted by molar-refractivity contribution is -0.381. The number of esters is 1. The summed E-state index contributed by atoms with van der Waals surface area (Å²) >= 11 is -2.27. The minimum Gasteiger partial charge on any atom is -0.461 e. The van der Waals surface area contributed by atoms with Gasteiger partial charge >= 0.3 is 46.3 Å². The van der Waals surface area contributed by atoms with Crippen molar-refractivity contribution in [1.29, 1.82) is 0 Å². The number of carbonyl (C=O) groups excluding carboxylic acids is 1. The Kier molecular flexibility index (Phi) is 13.7. The molecule has 0 aliphatic carbocycles. The fourth-order valence-electron chi connectivity index (χ4n) is 3.00. The van der Waals surface area contributed by atoms with Gasteiger partial charge in [0.05, 0.1) is 18.8 Å². The number of halogens is 15. The first kappa shape index (κ1) is 43.2. The van der Waals surface area contributed by atoms with E-state index in [-0.39, 0.29) is 29.0 Å². The highest BCUT2D eigenvalue weighted by Crippen LogP contribution is 2.57. The molecule has 0 saturated carbocycles. The highest BCUT2D eigenvalue weighted by atomic mass is 32.2. The largest absolute Gasteiger partial charge is 0.461 e. The SMILES string of the molecule is CN(CCOC(=O)c1cccc(COCCN(C)SC(F)(F)C(F)(F)C(F)(F)C(F)(F)F)c1)SC(F)(F)C(F)(F)C(F)(F)C(C)(N)N. The van der Waals surface area contributed by atoms with E-state index in [1.165, 1.54) is 18.2 Å². The van der Waals surface area contributed by atoms with E-state index in [1.54, 1.807) is 0 Å². The maximum absolute atomic E-state index is 14.1. The Balaban J connectivity index is 2.65. The van der Waals surface area contributed by atoms with Crippen molar-refractivity contribution in [2.24, 2.45) is 11.5 Å². The smallest absolute Gasteiger partial charge is 0.460 e. The molecule has 0 bridgehead atoms. The summed E-state index contributed by atoms with van der Waals surface area (Å²) in [6.45, 7) is -2.75. The summed E-state index contributed by atoms with van der Waals surface area (Å²) in [5.74, 6) is -26.5. The third-order valence-corrected chi connectivity index (χ3v) is 7.67. The predicted molar refractivity (Wildman–Crippen MR) is 139 cm³/mol. The average Bonchev–Trinajstić information content (AvgIpc) is 2.89. The summed E-state index contributed by atoms with van der Waals surface area (Å²) in [6.07, 6.45) is -6.96. The van der Waals surface area contributed by atoms with Gasteiger partial charge in [0, 0.05) is 37.0 Å². The van der Waals surface area contributed by atoms with Gasteiger partial charge in [-0.05, 0) is 38.7 Å². The van der Waals surface area contributed by atoms with Crippen LogP contribution in [0.25, 0.3) is 0 Å². The second-order valence-electron chi connectivity index (χ2n) is 9.89. The predicted octanol–water partition coefficient (Wildman–Crippen LogP) is 6.44. The van der Waals surface area contributed by atoms with E-state index >= 15 is 0 Å². The van der Waals surface area contributed by atoms with E-state index in [0.717, 1.165) is 13.1 Å². The Hall–Kier alpha value is -1.86. The third-order valence-electron chi connectivity index (χ3n) is 5.71. The van der Waals surface area contributed by atoms with Crippen LogP contribution >= 0.6 is 23.9 Å². The number of rotatable bonds is 18. The Labute approximate surface area is 265 Å². The Morgan fingerprint density at radius 1 is 0.723 bits per heavy atom. The van der Waals surface area contributed by atoms with Crippen LogP contribution in [0.3, 0.4) is 0 Å². The lowest BCUT2D eigenvalue weighted by atomic mass is 10.00. The van der Waals surface area contributed by atoms with Crippen LogP contribution < -0.4 is 11.5 Å². The van der Waals surface area contributed by atoms with Gasteiger partial charge in [0.15, 0.2) is 0 Å². The Morgan fingerprint density at radius 2 is 1.17 bits per heavy atom. The number of nitrogens with two attached hydrogens (primary N) is 2. The van der Waals surface area contributed by atoms with Crippen molar-refractivity contribution < 1.29 is 80.1 Å². The molecule has 4 N–H and O–H groups in total. The van der Waals surface area contributed by atoms with Crippen molar-refractivity contribution in [3.63, 3.8) is 0 Å². The molecule has 1 aromatic carbocycles. The highest BCUT2D eigenvalue weighted by molar-refractivity contribution is 7.98. The molecular weight excluding hydrogens is 729 g/mol. The first-order valence-corrected chi connectivity index (χ1v) is 14.0. The summed E-state index contributed by atoms with van der Waals surface area (Å²) in [6, 6.07) is 5.00. The van der Waals surface area contributed by atoms with Gasteiger partial charge in [0.1, 0.15) is 12.3 Å². The molecule has 274 valence electrons. The Morgan fingerprint density at radius 3 is 1.62 bits per heavy atom. The normalized spacial score (nSPS) is 14.7. The van der Waals surface area contributed by atoms with Crippen LogP contribution in [0.5, 0.6) is 0 Å². The molecule has 0 radical (unpaired) electrons. The van der Waals surface area contributed by atoms with Gasteiger partial charge in [-0.25, -0.2) is 13.4 Å². The molecule has 0 atom stereocenters. The topological polar surface area (TPSA) is 94.0 Å². The third kappa shape index (κ3) is 9.86. The lowest BCUT2D eigenvalue weighted by Gasteiger charge is -2.39. The minimum atomic E-state index is -7.04. The molecule has 7 nitrogen and oxygen atoms in total. The second kappa shape index (κ2) is 14.9. The molecule has 0 heterocycles. The van der Waals surface area contributed by atoms with Crippen molar-refractivity contribution in [3.05, 3.63) is 35.4 Å². The van der Waals surface area contributed by atoms with Crippen LogP contribution in [-0.4, -0.2) is 101 Å². The van der Waals surface area contributed by atoms with Crippen molar-refractivity contribution in [3.8, 4) is 0 Å². The standard InChI is InChI=1S/C23H27F15N4O3S2/c1-16(39,40)17(24,25)19(28,29)22(35,36)46-42(3)8-10-45-15(43)14-6-4-5-13(11-14)12-44-9-7-41(2)47-23(37,38)20(30,31)18(26,27)21(32,33)34/h4-6,11H,7-10,12,39-40H2,1-3H3. The average molecular weight is 757 g/mol. The fourth-order valence-corrected chi connectivity index (χ4v) is 4.60. The van der Waals surface area contributed by atoms with Crippen molar-refractivity contribution >= 4 is 29.9 Å². The van der Waals surface area contributed by atoms with Crippen molar-refractivity contribution in [2.45, 2.75) is 59.6 Å². The molecule has 0 aliphatic rings. The summed E-state index contributed by atoms with van der Waals surface area (Å²) in [4.78, 5) is 12.3. The van der Waals surface area contributed by atoms with E-state index in [9.17, 15) is 70.7 Å². The summed E-state index contributed by atoms with van der Waals surface area (Å²) in [5, 5.41) is -11.3. The van der Waals surface area contributed by atoms with Crippen molar-refractivity contribution in [1.82, 2.24) is 8.61 Å². The zero-order chi connectivity index (χ0) is 37.1. The van der Waals surface area contributed by atoms with E-state index in [1.807, 2.05) is 0 Å². The number of likely N-dealkylation sites (N-methyl/N-ethyl adjacent to an activating group) is 2. The van der Waals surface area contributed by atoms with Gasteiger partial charge in [-0.2, -0.15) is 65.9 Å². The van der Waals surface area contributed by atoms with Gasteiger partial charge < -0.3 is 20.9 Å². The summed E-state index contributed by atoms with van der Waals surface area (Å²) in [7, 11) is 1.50. The van der Waals surface area contributed by atoms with Crippen molar-refractivity contribution in [2.75, 3.05) is 40.4 Å². The van der Waals surface area contributed by atoms with Gasteiger partial charge in [-0.15, -0.1) is 0 Å². The number of benzene rings is 1. The summed E-state index contributed by atoms with van der Waals surface area (Å²) < 4.78 is 211. The zero-order valence-corrected chi connectivity index (χ0v) is 25.7. The molecule has 0 amide bonds. The molecular formula is C23H27F15N4O3S2. The number of alkyl halides is 15. The molecule has 0 spiro atoms. The van der Waals surface area contributed by atoms with Crippen LogP contribution in [0, 0.1) is 0 Å². The van der Waals surface area contributed by atoms with Crippen LogP contribution in [0.15, 0.2) is 24.3 Å². The van der Waals surface area contributed by atoms with Gasteiger partial charge in [-0.3, -0.25) is 0 Å². The number of hydrogen-bond donors (Lipinski definition) is 2. The monoisotopic (exact) mass is 756 g/mol. The van der Waals surface area contributed by atoms with Gasteiger partial charge in [-0.1, -0.05) is 12.1 Å². The molecule has 1 rings (SSSR count). The van der Waals surface area contributed by atoms with Gasteiger partial charge in [0.25, 0.3) is 0 Å². The molecule has 0 fully saturated rings. The molecule has 47 heavy (non-hydrogen) atoms. The second-order valence-corrected chi connectivity index (χ2v) is 12.5. The molecule has 0 saturated heterocycles. The number of ether oxygens (including phenoxy) is 2.